The molecule has 1 heterocycles. The van der Waals surface area contributed by atoms with Crippen molar-refractivity contribution >= 4 is 5.97 Å². The van der Waals surface area contributed by atoms with E-state index in [1.165, 1.54) is 20.2 Å². The number of hydrogen-bond donors (Lipinski definition) is 1. The van der Waals surface area contributed by atoms with Gasteiger partial charge in [-0.2, -0.15) is 0 Å². The first-order chi connectivity index (χ1) is 8.95. The maximum absolute atomic E-state index is 13.6. The quantitative estimate of drug-likeness (QED) is 0.838. The Labute approximate surface area is 108 Å². The number of esters is 1. The fourth-order valence-corrected chi connectivity index (χ4v) is 1.81. The Kier molecular flexibility index (Phi) is 3.25. The van der Waals surface area contributed by atoms with Crippen molar-refractivity contribution in [3.05, 3.63) is 45.6 Å². The molecular weight excluding hydrogens is 251 g/mol. The van der Waals surface area contributed by atoms with E-state index in [0.717, 1.165) is 4.68 Å². The van der Waals surface area contributed by atoms with E-state index in [1.807, 2.05) is 0 Å². The topological polar surface area (TPSA) is 64.1 Å². The first-order valence-corrected chi connectivity index (χ1v) is 5.59. The summed E-state index contributed by atoms with van der Waals surface area (Å²) in [7, 11) is 2.69. The van der Waals surface area contributed by atoms with Gasteiger partial charge in [-0.25, -0.2) is 9.18 Å². The number of halogens is 1. The van der Waals surface area contributed by atoms with Crippen LogP contribution in [0.4, 0.5) is 4.39 Å². The molecule has 2 aromatic rings. The zero-order valence-electron chi connectivity index (χ0n) is 10.8. The van der Waals surface area contributed by atoms with Gasteiger partial charge in [0.05, 0.1) is 12.7 Å². The van der Waals surface area contributed by atoms with Gasteiger partial charge >= 0.3 is 5.97 Å². The van der Waals surface area contributed by atoms with Crippen molar-refractivity contribution in [3.8, 4) is 11.1 Å². The number of hydrogen-bond acceptors (Lipinski definition) is 3. The first kappa shape index (κ1) is 13.1. The minimum atomic E-state index is -0.673. The molecular formula is C13H13FN2O3. The number of H-pyrrole nitrogens is 1. The maximum atomic E-state index is 13.6. The highest BCUT2D eigenvalue weighted by atomic mass is 19.1. The smallest absolute Gasteiger partial charge is 0.356 e. The fraction of sp³-hybridized carbons (Fsp3) is 0.231. The molecule has 0 radical (unpaired) electrons. The predicted octanol–water partition coefficient (Wildman–Crippen LogP) is 1.61. The van der Waals surface area contributed by atoms with Crippen LogP contribution in [0.5, 0.6) is 0 Å². The average molecular weight is 264 g/mol. The molecule has 0 bridgehead atoms. The third-order valence-electron chi connectivity index (χ3n) is 2.90. The van der Waals surface area contributed by atoms with E-state index in [0.29, 0.717) is 11.1 Å². The van der Waals surface area contributed by atoms with Gasteiger partial charge in [0.2, 0.25) is 0 Å². The molecule has 0 saturated carbocycles. The summed E-state index contributed by atoms with van der Waals surface area (Å²) in [6, 6.07) is 4.37. The molecule has 0 amide bonds. The number of methoxy groups -OCH3 is 1. The van der Waals surface area contributed by atoms with Gasteiger partial charge < -0.3 is 4.74 Å². The molecule has 5 nitrogen and oxygen atoms in total. The third kappa shape index (κ3) is 2.16. The Bertz CT molecular complexity index is 700. The van der Waals surface area contributed by atoms with Gasteiger partial charge in [-0.1, -0.05) is 12.1 Å². The van der Waals surface area contributed by atoms with E-state index in [4.69, 9.17) is 0 Å². The van der Waals surface area contributed by atoms with E-state index < -0.39 is 17.3 Å². The van der Waals surface area contributed by atoms with Gasteiger partial charge in [-0.05, 0) is 24.1 Å². The number of rotatable bonds is 2. The van der Waals surface area contributed by atoms with Crippen LogP contribution < -0.4 is 5.56 Å². The molecule has 0 aliphatic heterocycles. The number of ether oxygens (including phenoxy) is 1. The van der Waals surface area contributed by atoms with E-state index >= 15 is 0 Å². The summed E-state index contributed by atoms with van der Waals surface area (Å²) in [5.74, 6) is -1.11. The lowest BCUT2D eigenvalue weighted by molar-refractivity contribution is 0.0594. The number of aromatic nitrogens is 2. The molecule has 100 valence electrons. The standard InChI is InChI=1S/C13H13FN2O3/c1-7-4-5-8(6-9(7)14)10-11(13(18)19-3)15-16(2)12(10)17/h4-6,15H,1-3H3. The van der Waals surface area contributed by atoms with E-state index in [1.54, 1.807) is 19.1 Å². The van der Waals surface area contributed by atoms with Gasteiger partial charge in [0, 0.05) is 7.05 Å². The highest BCUT2D eigenvalue weighted by molar-refractivity contribution is 5.95. The summed E-state index contributed by atoms with van der Waals surface area (Å²) in [5, 5.41) is 2.60. The summed E-state index contributed by atoms with van der Waals surface area (Å²) in [6.45, 7) is 1.62. The molecule has 1 aromatic carbocycles. The summed E-state index contributed by atoms with van der Waals surface area (Å²) >= 11 is 0. The molecule has 1 aromatic heterocycles. The van der Waals surface area contributed by atoms with Crippen LogP contribution >= 0.6 is 0 Å². The molecule has 0 unspecified atom stereocenters. The van der Waals surface area contributed by atoms with Crippen molar-refractivity contribution in [3.63, 3.8) is 0 Å². The van der Waals surface area contributed by atoms with Crippen molar-refractivity contribution in [1.82, 2.24) is 9.78 Å². The SMILES string of the molecule is COC(=O)c1[nH]n(C)c(=O)c1-c1ccc(C)c(F)c1. The minimum Gasteiger partial charge on any atom is -0.464 e. The molecule has 0 aliphatic rings. The Hall–Kier alpha value is -2.37. The van der Waals surface area contributed by atoms with Crippen LogP contribution in [0.25, 0.3) is 11.1 Å². The molecule has 1 N–H and O–H groups in total. The second-order valence-corrected chi connectivity index (χ2v) is 4.18. The van der Waals surface area contributed by atoms with Gasteiger partial charge in [-0.15, -0.1) is 0 Å². The summed E-state index contributed by atoms with van der Waals surface area (Å²) in [5.41, 5.74) is 0.510. The second-order valence-electron chi connectivity index (χ2n) is 4.18. The molecule has 0 atom stereocenters. The number of carbonyl (C=O) groups is 1. The predicted molar refractivity (Wildman–Crippen MR) is 67.5 cm³/mol. The monoisotopic (exact) mass is 264 g/mol. The van der Waals surface area contributed by atoms with Crippen molar-refractivity contribution < 1.29 is 13.9 Å². The van der Waals surface area contributed by atoms with Crippen LogP contribution in [-0.4, -0.2) is 22.9 Å². The maximum Gasteiger partial charge on any atom is 0.356 e. The van der Waals surface area contributed by atoms with E-state index in [2.05, 4.69) is 9.84 Å². The van der Waals surface area contributed by atoms with Gasteiger partial charge in [0.1, 0.15) is 5.82 Å². The second kappa shape index (κ2) is 4.72. The van der Waals surface area contributed by atoms with Gasteiger partial charge in [0.25, 0.3) is 5.56 Å². The number of nitrogens with one attached hydrogen (secondary N) is 1. The fourth-order valence-electron chi connectivity index (χ4n) is 1.81. The van der Waals surface area contributed by atoms with Crippen LogP contribution in [0.3, 0.4) is 0 Å². The van der Waals surface area contributed by atoms with Gasteiger partial charge in [0.15, 0.2) is 5.69 Å². The van der Waals surface area contributed by atoms with Crippen LogP contribution in [0, 0.1) is 12.7 Å². The molecule has 19 heavy (non-hydrogen) atoms. The number of aromatic amines is 1. The van der Waals surface area contributed by atoms with Crippen LogP contribution in [0.1, 0.15) is 16.1 Å². The molecule has 0 saturated heterocycles. The normalized spacial score (nSPS) is 10.5. The van der Waals surface area contributed by atoms with Crippen molar-refractivity contribution in [2.45, 2.75) is 6.92 Å². The van der Waals surface area contributed by atoms with Gasteiger partial charge in [-0.3, -0.25) is 14.6 Å². The molecule has 0 aliphatic carbocycles. The highest BCUT2D eigenvalue weighted by Crippen LogP contribution is 2.22. The van der Waals surface area contributed by atoms with Crippen molar-refractivity contribution in [2.24, 2.45) is 7.05 Å². The van der Waals surface area contributed by atoms with Crippen molar-refractivity contribution in [2.75, 3.05) is 7.11 Å². The Morgan fingerprint density at radius 2 is 2.11 bits per heavy atom. The lowest BCUT2D eigenvalue weighted by atomic mass is 10.0. The third-order valence-corrected chi connectivity index (χ3v) is 2.90. The molecule has 2 rings (SSSR count). The number of carbonyl (C=O) groups excluding carboxylic acids is 1. The summed E-state index contributed by atoms with van der Waals surface area (Å²) in [6.07, 6.45) is 0. The highest BCUT2D eigenvalue weighted by Gasteiger charge is 2.21. The zero-order chi connectivity index (χ0) is 14.2. The number of nitrogens with zero attached hydrogens (tertiary/aromatic N) is 1. The Balaban J connectivity index is 2.70. The molecule has 0 spiro atoms. The zero-order valence-corrected chi connectivity index (χ0v) is 10.8. The Morgan fingerprint density at radius 3 is 2.68 bits per heavy atom. The van der Waals surface area contributed by atoms with E-state index in [9.17, 15) is 14.0 Å². The lowest BCUT2D eigenvalue weighted by Gasteiger charge is -2.02. The van der Waals surface area contributed by atoms with Crippen LogP contribution in [-0.2, 0) is 11.8 Å². The van der Waals surface area contributed by atoms with Crippen LogP contribution in [0.2, 0.25) is 0 Å². The molecule has 0 fully saturated rings. The molecule has 6 heteroatoms. The summed E-state index contributed by atoms with van der Waals surface area (Å²) in [4.78, 5) is 23.6. The number of aryl methyl sites for hydroxylation is 2. The first-order valence-electron chi connectivity index (χ1n) is 5.59. The summed E-state index contributed by atoms with van der Waals surface area (Å²) < 4.78 is 19.3. The number of benzene rings is 1. The Morgan fingerprint density at radius 1 is 1.42 bits per heavy atom. The largest absolute Gasteiger partial charge is 0.464 e. The van der Waals surface area contributed by atoms with Crippen LogP contribution in [0.15, 0.2) is 23.0 Å². The average Bonchev–Trinajstić information content (AvgIpc) is 2.68. The van der Waals surface area contributed by atoms with E-state index in [-0.39, 0.29) is 11.3 Å². The minimum absolute atomic E-state index is 0.0123. The lowest BCUT2D eigenvalue weighted by Crippen LogP contribution is -2.13. The van der Waals surface area contributed by atoms with Crippen molar-refractivity contribution in [1.29, 1.82) is 0 Å².